The van der Waals surface area contributed by atoms with E-state index in [0.717, 1.165) is 29.7 Å². The molecule has 0 fully saturated rings. The molecular weight excluding hydrogens is 246 g/mol. The van der Waals surface area contributed by atoms with Crippen LogP contribution in [-0.4, -0.2) is 9.97 Å². The molecule has 3 N–H and O–H groups in total. The van der Waals surface area contributed by atoms with Crippen LogP contribution < -0.4 is 11.0 Å². The highest BCUT2D eigenvalue weighted by molar-refractivity contribution is 7.09. The summed E-state index contributed by atoms with van der Waals surface area (Å²) in [6.45, 7) is 1.67. The van der Waals surface area contributed by atoms with Gasteiger partial charge in [-0.05, 0) is 29.1 Å². The Kier molecular flexibility index (Phi) is 3.00. The topological polar surface area (TPSA) is 60.7 Å². The zero-order chi connectivity index (χ0) is 12.4. The lowest BCUT2D eigenvalue weighted by Crippen LogP contribution is -2.11. The number of rotatable bonds is 4. The number of nitrogens with one attached hydrogen (secondary N) is 3. The summed E-state index contributed by atoms with van der Waals surface area (Å²) in [5.74, 6) is 0. The fourth-order valence-electron chi connectivity index (χ4n) is 1.93. The van der Waals surface area contributed by atoms with Crippen molar-refractivity contribution in [3.05, 3.63) is 56.6 Å². The maximum atomic E-state index is 11.1. The molecule has 3 aromatic rings. The van der Waals surface area contributed by atoms with Gasteiger partial charge in [-0.2, -0.15) is 0 Å². The van der Waals surface area contributed by atoms with Crippen LogP contribution in [0.25, 0.3) is 11.0 Å². The van der Waals surface area contributed by atoms with Gasteiger partial charge in [0.25, 0.3) is 0 Å². The number of hydrogen-bond acceptors (Lipinski definition) is 3. The second-order valence-electron chi connectivity index (χ2n) is 4.14. The van der Waals surface area contributed by atoms with Crippen molar-refractivity contribution in [1.29, 1.82) is 0 Å². The molecule has 5 heteroatoms. The molecule has 0 aliphatic carbocycles. The molecule has 0 aliphatic rings. The standard InChI is InChI=1S/C13H13N3OS/c17-13-15-11-4-3-9(6-12(11)16-13)7-14-8-10-2-1-5-18-10/h1-6,14H,7-8H2,(H2,15,16,17). The first-order valence-electron chi connectivity index (χ1n) is 5.75. The van der Waals surface area contributed by atoms with Gasteiger partial charge in [0.05, 0.1) is 11.0 Å². The van der Waals surface area contributed by atoms with E-state index in [0.29, 0.717) is 0 Å². The SMILES string of the molecule is O=c1[nH]c2ccc(CNCc3cccs3)cc2[nH]1. The van der Waals surface area contributed by atoms with E-state index >= 15 is 0 Å². The Morgan fingerprint density at radius 3 is 2.83 bits per heavy atom. The molecule has 0 spiro atoms. The Labute approximate surface area is 108 Å². The molecule has 0 unspecified atom stereocenters. The van der Waals surface area contributed by atoms with Crippen molar-refractivity contribution in [1.82, 2.24) is 15.3 Å². The molecular formula is C13H13N3OS. The summed E-state index contributed by atoms with van der Waals surface area (Å²) in [6.07, 6.45) is 0. The predicted octanol–water partition coefficient (Wildman–Crippen LogP) is 2.21. The van der Waals surface area contributed by atoms with Crippen LogP contribution in [0.3, 0.4) is 0 Å². The van der Waals surface area contributed by atoms with E-state index in [1.165, 1.54) is 4.88 Å². The molecule has 0 saturated carbocycles. The second kappa shape index (κ2) is 4.80. The van der Waals surface area contributed by atoms with E-state index in [9.17, 15) is 4.79 Å². The average Bonchev–Trinajstić information content (AvgIpc) is 2.96. The van der Waals surface area contributed by atoms with Gasteiger partial charge in [-0.15, -0.1) is 11.3 Å². The summed E-state index contributed by atoms with van der Waals surface area (Å²) in [6, 6.07) is 10.1. The molecule has 0 bridgehead atoms. The van der Waals surface area contributed by atoms with Crippen molar-refractivity contribution in [2.45, 2.75) is 13.1 Å². The van der Waals surface area contributed by atoms with Gasteiger partial charge < -0.3 is 15.3 Å². The lowest BCUT2D eigenvalue weighted by molar-refractivity contribution is 0.701. The molecule has 2 heterocycles. The summed E-state index contributed by atoms with van der Waals surface area (Å²) < 4.78 is 0. The highest BCUT2D eigenvalue weighted by Gasteiger charge is 2.00. The van der Waals surface area contributed by atoms with E-state index < -0.39 is 0 Å². The van der Waals surface area contributed by atoms with E-state index in [1.54, 1.807) is 11.3 Å². The number of imidazole rings is 1. The van der Waals surface area contributed by atoms with Crippen LogP contribution in [0.2, 0.25) is 0 Å². The maximum absolute atomic E-state index is 11.1. The number of fused-ring (bicyclic) bond motifs is 1. The highest BCUT2D eigenvalue weighted by Crippen LogP contribution is 2.11. The Hall–Kier alpha value is -1.85. The molecule has 92 valence electrons. The van der Waals surface area contributed by atoms with Crippen LogP contribution in [0.4, 0.5) is 0 Å². The number of H-pyrrole nitrogens is 2. The zero-order valence-electron chi connectivity index (χ0n) is 9.69. The molecule has 0 atom stereocenters. The maximum Gasteiger partial charge on any atom is 0.323 e. The third-order valence-corrected chi connectivity index (χ3v) is 3.67. The zero-order valence-corrected chi connectivity index (χ0v) is 10.5. The molecule has 18 heavy (non-hydrogen) atoms. The number of benzene rings is 1. The molecule has 0 aliphatic heterocycles. The minimum absolute atomic E-state index is 0.159. The van der Waals surface area contributed by atoms with Gasteiger partial charge in [0.2, 0.25) is 0 Å². The predicted molar refractivity (Wildman–Crippen MR) is 73.8 cm³/mol. The minimum atomic E-state index is -0.159. The Morgan fingerprint density at radius 2 is 2.00 bits per heavy atom. The second-order valence-corrected chi connectivity index (χ2v) is 5.17. The van der Waals surface area contributed by atoms with Crippen LogP contribution in [-0.2, 0) is 13.1 Å². The Balaban J connectivity index is 1.69. The van der Waals surface area contributed by atoms with Gasteiger partial charge in [0.15, 0.2) is 0 Å². The number of aromatic nitrogens is 2. The normalized spacial score (nSPS) is 11.1. The number of aromatic amines is 2. The van der Waals surface area contributed by atoms with Crippen LogP contribution in [0.15, 0.2) is 40.5 Å². The third-order valence-electron chi connectivity index (χ3n) is 2.79. The van der Waals surface area contributed by atoms with E-state index in [1.807, 2.05) is 18.2 Å². The molecule has 0 saturated heterocycles. The molecule has 4 nitrogen and oxygen atoms in total. The molecule has 2 aromatic heterocycles. The fraction of sp³-hybridized carbons (Fsp3) is 0.154. The fourth-order valence-corrected chi connectivity index (χ4v) is 2.61. The first-order valence-corrected chi connectivity index (χ1v) is 6.63. The van der Waals surface area contributed by atoms with Crippen molar-refractivity contribution in [2.75, 3.05) is 0 Å². The van der Waals surface area contributed by atoms with E-state index in [2.05, 4.69) is 32.8 Å². The third kappa shape index (κ3) is 2.37. The number of hydrogen-bond donors (Lipinski definition) is 3. The van der Waals surface area contributed by atoms with Crippen molar-refractivity contribution < 1.29 is 0 Å². The monoisotopic (exact) mass is 259 g/mol. The summed E-state index contributed by atoms with van der Waals surface area (Å²) in [5, 5.41) is 5.46. The smallest absolute Gasteiger partial charge is 0.308 e. The van der Waals surface area contributed by atoms with Gasteiger partial charge in [0.1, 0.15) is 0 Å². The van der Waals surface area contributed by atoms with E-state index in [4.69, 9.17) is 0 Å². The van der Waals surface area contributed by atoms with Crippen molar-refractivity contribution in [3.63, 3.8) is 0 Å². The lowest BCUT2D eigenvalue weighted by Gasteiger charge is -2.03. The largest absolute Gasteiger partial charge is 0.323 e. The molecule has 0 radical (unpaired) electrons. The summed E-state index contributed by atoms with van der Waals surface area (Å²) in [7, 11) is 0. The first-order chi connectivity index (χ1) is 8.81. The van der Waals surface area contributed by atoms with Crippen LogP contribution in [0, 0.1) is 0 Å². The van der Waals surface area contributed by atoms with Crippen molar-refractivity contribution >= 4 is 22.4 Å². The Bertz CT molecular complexity index is 696. The van der Waals surface area contributed by atoms with Gasteiger partial charge >= 0.3 is 5.69 Å². The average molecular weight is 259 g/mol. The van der Waals surface area contributed by atoms with Crippen LogP contribution in [0.5, 0.6) is 0 Å². The minimum Gasteiger partial charge on any atom is -0.308 e. The van der Waals surface area contributed by atoms with Gasteiger partial charge in [-0.3, -0.25) is 0 Å². The molecule has 0 amide bonds. The highest BCUT2D eigenvalue weighted by atomic mass is 32.1. The summed E-state index contributed by atoms with van der Waals surface area (Å²) >= 11 is 1.75. The van der Waals surface area contributed by atoms with Crippen LogP contribution in [0.1, 0.15) is 10.4 Å². The van der Waals surface area contributed by atoms with E-state index in [-0.39, 0.29) is 5.69 Å². The quantitative estimate of drug-likeness (QED) is 0.672. The van der Waals surface area contributed by atoms with Crippen molar-refractivity contribution in [3.8, 4) is 0 Å². The van der Waals surface area contributed by atoms with Gasteiger partial charge in [0, 0.05) is 18.0 Å². The van der Waals surface area contributed by atoms with Gasteiger partial charge in [-0.25, -0.2) is 4.79 Å². The Morgan fingerprint density at radius 1 is 1.11 bits per heavy atom. The summed E-state index contributed by atoms with van der Waals surface area (Å²) in [4.78, 5) is 18.0. The van der Waals surface area contributed by atoms with Crippen LogP contribution >= 0.6 is 11.3 Å². The van der Waals surface area contributed by atoms with Crippen molar-refractivity contribution in [2.24, 2.45) is 0 Å². The van der Waals surface area contributed by atoms with Gasteiger partial charge in [-0.1, -0.05) is 12.1 Å². The molecule has 3 rings (SSSR count). The molecule has 1 aromatic carbocycles. The number of thiophene rings is 1. The summed E-state index contributed by atoms with van der Waals surface area (Å²) in [5.41, 5.74) is 2.71. The lowest BCUT2D eigenvalue weighted by atomic mass is 10.2. The first kappa shape index (κ1) is 11.3.